The van der Waals surface area contributed by atoms with Crippen LogP contribution in [-0.2, 0) is 4.74 Å². The second kappa shape index (κ2) is 9.62. The fourth-order valence-corrected chi connectivity index (χ4v) is 0.876. The fourth-order valence-electron chi connectivity index (χ4n) is 0.876. The van der Waals surface area contributed by atoms with Crippen LogP contribution in [0, 0.1) is 0 Å². The first-order chi connectivity index (χ1) is 8.15. The Kier molecular flexibility index (Phi) is 8.72. The topological polar surface area (TPSA) is 87.0 Å². The van der Waals surface area contributed by atoms with Crippen molar-refractivity contribution in [2.24, 2.45) is 0 Å². The minimum Gasteiger partial charge on any atom is -0.508 e. The molecule has 0 aliphatic heterocycles. The predicted molar refractivity (Wildman–Crippen MR) is 62.9 cm³/mol. The molecule has 0 saturated carbocycles. The van der Waals surface area contributed by atoms with Gasteiger partial charge in [0.15, 0.2) is 0 Å². The molecular weight excluding hydrogens is 224 g/mol. The number of esters is 1. The van der Waals surface area contributed by atoms with Crippen molar-refractivity contribution in [2.75, 3.05) is 19.8 Å². The van der Waals surface area contributed by atoms with Crippen LogP contribution in [0.3, 0.4) is 0 Å². The highest BCUT2D eigenvalue weighted by molar-refractivity contribution is 5.89. The van der Waals surface area contributed by atoms with Gasteiger partial charge in [0.05, 0.1) is 25.4 Å². The summed E-state index contributed by atoms with van der Waals surface area (Å²) in [5.74, 6) is -0.200. The third-order valence-corrected chi connectivity index (χ3v) is 1.64. The molecule has 0 amide bonds. The number of phenols is 1. The SMILES string of the molecule is CCCOC(=O)c1ccc(O)cc1.OCCO. The van der Waals surface area contributed by atoms with Crippen molar-refractivity contribution >= 4 is 5.97 Å². The summed E-state index contributed by atoms with van der Waals surface area (Å²) in [5.41, 5.74) is 0.464. The highest BCUT2D eigenvalue weighted by Crippen LogP contribution is 2.10. The third-order valence-electron chi connectivity index (χ3n) is 1.64. The number of ether oxygens (including phenoxy) is 1. The van der Waals surface area contributed by atoms with Crippen molar-refractivity contribution in [1.82, 2.24) is 0 Å². The summed E-state index contributed by atoms with van der Waals surface area (Å²) >= 11 is 0. The molecule has 1 rings (SSSR count). The molecule has 96 valence electrons. The van der Waals surface area contributed by atoms with Crippen molar-refractivity contribution in [1.29, 1.82) is 0 Å². The summed E-state index contributed by atoms with van der Waals surface area (Å²) in [4.78, 5) is 11.2. The smallest absolute Gasteiger partial charge is 0.338 e. The van der Waals surface area contributed by atoms with Crippen molar-refractivity contribution in [3.05, 3.63) is 29.8 Å². The van der Waals surface area contributed by atoms with E-state index in [4.69, 9.17) is 20.1 Å². The number of aliphatic hydroxyl groups is 2. The largest absolute Gasteiger partial charge is 0.508 e. The monoisotopic (exact) mass is 242 g/mol. The van der Waals surface area contributed by atoms with Crippen molar-refractivity contribution < 1.29 is 24.9 Å². The maximum Gasteiger partial charge on any atom is 0.338 e. The standard InChI is InChI=1S/C10H12O3.C2H6O2/c1-2-7-13-10(12)8-3-5-9(11)6-4-8;3-1-2-4/h3-6,11H,2,7H2,1H3;3-4H,1-2H2. The molecule has 3 N–H and O–H groups in total. The molecule has 17 heavy (non-hydrogen) atoms. The lowest BCUT2D eigenvalue weighted by Crippen LogP contribution is -2.05. The molecule has 0 fully saturated rings. The molecule has 0 radical (unpaired) electrons. The van der Waals surface area contributed by atoms with Crippen molar-refractivity contribution in [3.8, 4) is 5.75 Å². The molecule has 1 aromatic carbocycles. The van der Waals surface area contributed by atoms with Gasteiger partial charge in [-0.2, -0.15) is 0 Å². The Morgan fingerprint density at radius 3 is 2.12 bits per heavy atom. The van der Waals surface area contributed by atoms with E-state index < -0.39 is 0 Å². The number of hydrogen-bond donors (Lipinski definition) is 3. The number of rotatable bonds is 4. The average Bonchev–Trinajstić information content (AvgIpc) is 2.37. The van der Waals surface area contributed by atoms with Gasteiger partial charge in [0.2, 0.25) is 0 Å². The molecule has 0 aliphatic carbocycles. The number of aliphatic hydroxyl groups excluding tert-OH is 2. The number of carbonyl (C=O) groups excluding carboxylic acids is 1. The van der Waals surface area contributed by atoms with Crippen LogP contribution in [0.2, 0.25) is 0 Å². The lowest BCUT2D eigenvalue weighted by Gasteiger charge is -2.02. The number of carbonyl (C=O) groups is 1. The first-order valence-corrected chi connectivity index (χ1v) is 5.33. The molecule has 0 saturated heterocycles. The van der Waals surface area contributed by atoms with Gasteiger partial charge >= 0.3 is 5.97 Å². The van der Waals surface area contributed by atoms with E-state index in [1.54, 1.807) is 0 Å². The summed E-state index contributed by atoms with van der Waals surface area (Å²) in [6.07, 6.45) is 0.809. The zero-order valence-electron chi connectivity index (χ0n) is 9.80. The van der Waals surface area contributed by atoms with Gasteiger partial charge in [-0.15, -0.1) is 0 Å². The van der Waals surface area contributed by atoms with Gasteiger partial charge in [0, 0.05) is 0 Å². The van der Waals surface area contributed by atoms with Crippen LogP contribution in [-0.4, -0.2) is 41.1 Å². The molecule has 0 bridgehead atoms. The Bertz CT molecular complexity index is 305. The van der Waals surface area contributed by atoms with Gasteiger partial charge < -0.3 is 20.1 Å². The van der Waals surface area contributed by atoms with E-state index in [0.717, 1.165) is 6.42 Å². The van der Waals surface area contributed by atoms with Crippen molar-refractivity contribution in [3.63, 3.8) is 0 Å². The van der Waals surface area contributed by atoms with Gasteiger partial charge in [0.1, 0.15) is 5.75 Å². The van der Waals surface area contributed by atoms with Gasteiger partial charge in [-0.3, -0.25) is 0 Å². The molecule has 0 spiro atoms. The Labute approximate surface area is 100 Å². The molecule has 0 aliphatic rings. The van der Waals surface area contributed by atoms with E-state index in [2.05, 4.69) is 0 Å². The van der Waals surface area contributed by atoms with E-state index in [9.17, 15) is 4.79 Å². The lowest BCUT2D eigenvalue weighted by atomic mass is 10.2. The van der Waals surface area contributed by atoms with Gasteiger partial charge in [0.25, 0.3) is 0 Å². The highest BCUT2D eigenvalue weighted by atomic mass is 16.5. The normalized spacial score (nSPS) is 9.12. The molecular formula is C12H18O5. The van der Waals surface area contributed by atoms with Crippen LogP contribution in [0.4, 0.5) is 0 Å². The average molecular weight is 242 g/mol. The molecule has 0 unspecified atom stereocenters. The zero-order valence-corrected chi connectivity index (χ0v) is 9.80. The molecule has 0 aromatic heterocycles. The van der Waals surface area contributed by atoms with E-state index in [-0.39, 0.29) is 24.9 Å². The number of hydrogen-bond acceptors (Lipinski definition) is 5. The van der Waals surface area contributed by atoms with Crippen LogP contribution >= 0.6 is 0 Å². The van der Waals surface area contributed by atoms with Crippen LogP contribution < -0.4 is 0 Å². The van der Waals surface area contributed by atoms with Crippen LogP contribution in [0.25, 0.3) is 0 Å². The molecule has 5 nitrogen and oxygen atoms in total. The Morgan fingerprint density at radius 1 is 1.18 bits per heavy atom. The minimum atomic E-state index is -0.346. The van der Waals surface area contributed by atoms with Crippen molar-refractivity contribution in [2.45, 2.75) is 13.3 Å². The Balaban J connectivity index is 0.000000557. The summed E-state index contributed by atoms with van der Waals surface area (Å²) < 4.78 is 4.90. The number of aromatic hydroxyl groups is 1. The van der Waals surface area contributed by atoms with E-state index >= 15 is 0 Å². The lowest BCUT2D eigenvalue weighted by molar-refractivity contribution is 0.0505. The van der Waals surface area contributed by atoms with Crippen LogP contribution in [0.1, 0.15) is 23.7 Å². The second-order valence-corrected chi connectivity index (χ2v) is 3.13. The second-order valence-electron chi connectivity index (χ2n) is 3.13. The molecule has 5 heteroatoms. The maximum absolute atomic E-state index is 11.2. The Hall–Kier alpha value is -1.59. The first kappa shape index (κ1) is 15.4. The first-order valence-electron chi connectivity index (χ1n) is 5.33. The van der Waals surface area contributed by atoms with Gasteiger partial charge in [-0.05, 0) is 30.7 Å². The van der Waals surface area contributed by atoms with Gasteiger partial charge in [-0.25, -0.2) is 4.79 Å². The number of benzene rings is 1. The van der Waals surface area contributed by atoms with E-state index in [0.29, 0.717) is 12.2 Å². The third kappa shape index (κ3) is 7.32. The Morgan fingerprint density at radius 2 is 1.71 bits per heavy atom. The van der Waals surface area contributed by atoms with Gasteiger partial charge in [-0.1, -0.05) is 6.92 Å². The summed E-state index contributed by atoms with van der Waals surface area (Å²) in [6.45, 7) is 2.11. The molecule has 1 aromatic rings. The number of phenolic OH excluding ortho intramolecular Hbond substituents is 1. The summed E-state index contributed by atoms with van der Waals surface area (Å²) in [5, 5.41) is 24.2. The molecule has 0 heterocycles. The maximum atomic E-state index is 11.2. The van der Waals surface area contributed by atoms with Crippen LogP contribution in [0.5, 0.6) is 5.75 Å². The molecule has 0 atom stereocenters. The predicted octanol–water partition coefficient (Wildman–Crippen LogP) is 0.930. The van der Waals surface area contributed by atoms with E-state index in [1.165, 1.54) is 24.3 Å². The summed E-state index contributed by atoms with van der Waals surface area (Å²) in [7, 11) is 0. The van der Waals surface area contributed by atoms with Crippen LogP contribution in [0.15, 0.2) is 24.3 Å². The zero-order chi connectivity index (χ0) is 13.1. The van der Waals surface area contributed by atoms with E-state index in [1.807, 2.05) is 6.92 Å². The highest BCUT2D eigenvalue weighted by Gasteiger charge is 2.05. The summed E-state index contributed by atoms with van der Waals surface area (Å²) in [6, 6.07) is 5.99. The minimum absolute atomic E-state index is 0.125. The quantitative estimate of drug-likeness (QED) is 0.684. The fraction of sp³-hybridized carbons (Fsp3) is 0.417.